The van der Waals surface area contributed by atoms with Crippen LogP contribution in [0.4, 0.5) is 4.39 Å². The van der Waals surface area contributed by atoms with E-state index in [1.54, 1.807) is 6.07 Å². The molecule has 1 nitrogen and oxygen atoms in total. The molecule has 19 heavy (non-hydrogen) atoms. The number of nitrogens with one attached hydrogen (secondary N) is 1. The summed E-state index contributed by atoms with van der Waals surface area (Å²) in [6.45, 7) is 2.78. The second kappa shape index (κ2) is 6.64. The van der Waals surface area contributed by atoms with Gasteiger partial charge < -0.3 is 5.32 Å². The Kier molecular flexibility index (Phi) is 5.13. The van der Waals surface area contributed by atoms with Crippen molar-refractivity contribution in [3.8, 4) is 0 Å². The first kappa shape index (κ1) is 14.7. The van der Waals surface area contributed by atoms with Crippen LogP contribution in [-0.2, 0) is 0 Å². The monoisotopic (exact) mass is 385 g/mol. The largest absolute Gasteiger partial charge is 0.306 e. The smallest absolute Gasteiger partial charge is 0.128 e. The molecule has 0 aromatic heterocycles. The van der Waals surface area contributed by atoms with Gasteiger partial charge in [-0.25, -0.2) is 4.39 Å². The predicted octanol–water partition coefficient (Wildman–Crippen LogP) is 5.05. The highest BCUT2D eigenvalue weighted by atomic mass is 79.9. The molecule has 0 fully saturated rings. The minimum atomic E-state index is -0.191. The van der Waals surface area contributed by atoms with E-state index in [4.69, 9.17) is 0 Å². The van der Waals surface area contributed by atoms with Gasteiger partial charge in [0.25, 0.3) is 0 Å². The molecule has 0 amide bonds. The molecule has 0 bridgehead atoms. The van der Waals surface area contributed by atoms with Gasteiger partial charge in [-0.2, -0.15) is 0 Å². The minimum Gasteiger partial charge on any atom is -0.306 e. The average molecular weight is 387 g/mol. The van der Waals surface area contributed by atoms with Crippen molar-refractivity contribution < 1.29 is 4.39 Å². The Morgan fingerprint density at radius 3 is 2.47 bits per heavy atom. The quantitative estimate of drug-likeness (QED) is 0.775. The van der Waals surface area contributed by atoms with Crippen molar-refractivity contribution in [1.82, 2.24) is 5.32 Å². The molecule has 0 radical (unpaired) electrons. The van der Waals surface area contributed by atoms with Crippen LogP contribution in [0.5, 0.6) is 0 Å². The number of hydrogen-bond donors (Lipinski definition) is 1. The second-order valence-electron chi connectivity index (χ2n) is 4.18. The first-order valence-corrected chi connectivity index (χ1v) is 7.65. The Morgan fingerprint density at radius 1 is 1.11 bits per heavy atom. The van der Waals surface area contributed by atoms with E-state index < -0.39 is 0 Å². The fourth-order valence-corrected chi connectivity index (χ4v) is 3.31. The molecule has 0 spiro atoms. The summed E-state index contributed by atoms with van der Waals surface area (Å²) in [6.07, 6.45) is 0. The van der Waals surface area contributed by atoms with Crippen LogP contribution in [0.15, 0.2) is 51.4 Å². The number of halogens is 3. The molecule has 2 aromatic carbocycles. The number of rotatable bonds is 4. The molecule has 1 unspecified atom stereocenters. The first-order valence-electron chi connectivity index (χ1n) is 6.06. The summed E-state index contributed by atoms with van der Waals surface area (Å²) in [5.74, 6) is -0.191. The lowest BCUT2D eigenvalue weighted by Crippen LogP contribution is -2.23. The highest BCUT2D eigenvalue weighted by molar-refractivity contribution is 9.11. The lowest BCUT2D eigenvalue weighted by atomic mass is 9.98. The van der Waals surface area contributed by atoms with Crippen molar-refractivity contribution in [2.24, 2.45) is 0 Å². The molecule has 0 saturated heterocycles. The summed E-state index contributed by atoms with van der Waals surface area (Å²) < 4.78 is 15.9. The zero-order chi connectivity index (χ0) is 13.8. The molecule has 1 atom stereocenters. The minimum absolute atomic E-state index is 0.159. The van der Waals surface area contributed by atoms with Gasteiger partial charge in [-0.1, -0.05) is 63.0 Å². The zero-order valence-corrected chi connectivity index (χ0v) is 13.6. The lowest BCUT2D eigenvalue weighted by Gasteiger charge is -2.21. The van der Waals surface area contributed by atoms with E-state index in [1.807, 2.05) is 37.3 Å². The van der Waals surface area contributed by atoms with Crippen LogP contribution in [0.2, 0.25) is 0 Å². The van der Waals surface area contributed by atoms with Crippen molar-refractivity contribution in [3.05, 3.63) is 68.4 Å². The molecule has 2 rings (SSSR count). The van der Waals surface area contributed by atoms with E-state index in [1.165, 1.54) is 6.07 Å². The molecule has 4 heteroatoms. The third kappa shape index (κ3) is 3.44. The Bertz CT molecular complexity index is 572. The van der Waals surface area contributed by atoms with Gasteiger partial charge in [0.2, 0.25) is 0 Å². The van der Waals surface area contributed by atoms with Gasteiger partial charge in [0.1, 0.15) is 5.82 Å². The van der Waals surface area contributed by atoms with E-state index in [0.717, 1.165) is 21.1 Å². The Morgan fingerprint density at radius 2 is 1.84 bits per heavy atom. The summed E-state index contributed by atoms with van der Waals surface area (Å²) >= 11 is 6.98. The molecule has 0 aliphatic carbocycles. The van der Waals surface area contributed by atoms with E-state index in [2.05, 4.69) is 37.2 Å². The van der Waals surface area contributed by atoms with Crippen molar-refractivity contribution in [1.29, 1.82) is 0 Å². The van der Waals surface area contributed by atoms with Crippen LogP contribution in [-0.4, -0.2) is 6.54 Å². The molecular formula is C15H14Br2FN. The topological polar surface area (TPSA) is 12.0 Å². The SMILES string of the molecule is CCNC(c1ccccc1F)c1ccc(Br)cc1Br. The summed E-state index contributed by atoms with van der Waals surface area (Å²) in [5.41, 5.74) is 1.68. The molecule has 0 aliphatic heterocycles. The van der Waals surface area contributed by atoms with Gasteiger partial charge in [-0.15, -0.1) is 0 Å². The van der Waals surface area contributed by atoms with Crippen molar-refractivity contribution >= 4 is 31.9 Å². The van der Waals surface area contributed by atoms with Gasteiger partial charge in [0, 0.05) is 14.5 Å². The second-order valence-corrected chi connectivity index (χ2v) is 5.95. The zero-order valence-electron chi connectivity index (χ0n) is 10.5. The Hall–Kier alpha value is -0.710. The Labute approximate surface area is 129 Å². The third-order valence-corrected chi connectivity index (χ3v) is 4.08. The van der Waals surface area contributed by atoms with Crippen molar-refractivity contribution in [2.45, 2.75) is 13.0 Å². The van der Waals surface area contributed by atoms with Crippen LogP contribution >= 0.6 is 31.9 Å². The predicted molar refractivity (Wildman–Crippen MR) is 83.8 cm³/mol. The fraction of sp³-hybridized carbons (Fsp3) is 0.200. The molecule has 0 aliphatic rings. The maximum absolute atomic E-state index is 14.0. The fourth-order valence-electron chi connectivity index (χ4n) is 2.04. The molecule has 0 saturated carbocycles. The average Bonchev–Trinajstić information content (AvgIpc) is 2.38. The van der Waals surface area contributed by atoms with E-state index in [-0.39, 0.29) is 11.9 Å². The van der Waals surface area contributed by atoms with Gasteiger partial charge >= 0.3 is 0 Å². The van der Waals surface area contributed by atoms with Crippen LogP contribution in [0.25, 0.3) is 0 Å². The standard InChI is InChI=1S/C15H14Br2FN/c1-2-19-15(12-5-3-4-6-14(12)18)11-8-7-10(16)9-13(11)17/h3-9,15,19H,2H2,1H3. The molecule has 1 N–H and O–H groups in total. The Balaban J connectivity index is 2.48. The maximum atomic E-state index is 14.0. The van der Waals surface area contributed by atoms with Crippen LogP contribution in [0.1, 0.15) is 24.1 Å². The van der Waals surface area contributed by atoms with Gasteiger partial charge in [0.15, 0.2) is 0 Å². The maximum Gasteiger partial charge on any atom is 0.128 e. The van der Waals surface area contributed by atoms with Crippen molar-refractivity contribution in [3.63, 3.8) is 0 Å². The van der Waals surface area contributed by atoms with Gasteiger partial charge in [0.05, 0.1) is 6.04 Å². The molecular weight excluding hydrogens is 373 g/mol. The van der Waals surface area contributed by atoms with Crippen LogP contribution in [0.3, 0.4) is 0 Å². The lowest BCUT2D eigenvalue weighted by molar-refractivity contribution is 0.558. The highest BCUT2D eigenvalue weighted by Gasteiger charge is 2.18. The molecule has 100 valence electrons. The highest BCUT2D eigenvalue weighted by Crippen LogP contribution is 2.31. The molecule has 2 aromatic rings. The number of hydrogen-bond acceptors (Lipinski definition) is 1. The normalized spacial score (nSPS) is 12.4. The van der Waals surface area contributed by atoms with Gasteiger partial charge in [-0.05, 0) is 30.3 Å². The number of benzene rings is 2. The van der Waals surface area contributed by atoms with E-state index >= 15 is 0 Å². The van der Waals surface area contributed by atoms with E-state index in [0.29, 0.717) is 5.56 Å². The first-order chi connectivity index (χ1) is 9.13. The van der Waals surface area contributed by atoms with Crippen LogP contribution < -0.4 is 5.32 Å². The summed E-state index contributed by atoms with van der Waals surface area (Å²) in [5, 5.41) is 3.33. The van der Waals surface area contributed by atoms with Crippen molar-refractivity contribution in [2.75, 3.05) is 6.54 Å². The summed E-state index contributed by atoms with van der Waals surface area (Å²) in [4.78, 5) is 0. The van der Waals surface area contributed by atoms with Gasteiger partial charge in [-0.3, -0.25) is 0 Å². The third-order valence-electron chi connectivity index (χ3n) is 2.90. The molecule has 0 heterocycles. The van der Waals surface area contributed by atoms with E-state index in [9.17, 15) is 4.39 Å². The summed E-state index contributed by atoms with van der Waals surface area (Å²) in [7, 11) is 0. The summed E-state index contributed by atoms with van der Waals surface area (Å²) in [6, 6.07) is 12.6. The van der Waals surface area contributed by atoms with Crippen LogP contribution in [0, 0.1) is 5.82 Å².